The Bertz CT molecular complexity index is 138. The predicted octanol–water partition coefficient (Wildman–Crippen LogP) is 1.68. The van der Waals surface area contributed by atoms with Crippen molar-refractivity contribution in [2.45, 2.75) is 71.1 Å². The van der Waals surface area contributed by atoms with Gasteiger partial charge in [-0.2, -0.15) is 0 Å². The monoisotopic (exact) mass is 253 g/mol. The fourth-order valence-corrected chi connectivity index (χ4v) is 1.71. The Balaban J connectivity index is 0. The Morgan fingerprint density at radius 1 is 0.867 bits per heavy atom. The molecule has 0 unspecified atom stereocenters. The summed E-state index contributed by atoms with van der Waals surface area (Å²) in [6, 6.07) is 0. The summed E-state index contributed by atoms with van der Waals surface area (Å²) in [5.41, 5.74) is 0. The van der Waals surface area contributed by atoms with E-state index in [1.165, 1.54) is 44.9 Å². The van der Waals surface area contributed by atoms with Crippen molar-refractivity contribution in [2.24, 2.45) is 0 Å². The Morgan fingerprint density at radius 3 is 1.67 bits per heavy atom. The van der Waals surface area contributed by atoms with Crippen LogP contribution in [0.3, 0.4) is 0 Å². The highest BCUT2D eigenvalue weighted by atomic mass is 35.5. The summed E-state index contributed by atoms with van der Waals surface area (Å²) >= 11 is 5.24. The van der Waals surface area contributed by atoms with Gasteiger partial charge in [0.1, 0.15) is 0 Å². The third-order valence-electron chi connectivity index (χ3n) is 2.48. The summed E-state index contributed by atoms with van der Waals surface area (Å²) in [4.78, 5) is 10.4. The highest BCUT2D eigenvalue weighted by Crippen LogP contribution is 2.10. The number of unbranched alkanes of at least 4 members (excludes halogenated alkanes) is 8. The van der Waals surface area contributed by atoms with E-state index in [1.54, 1.807) is 0 Å². The number of halogens is 2. The molecule has 0 radical (unpaired) electrons. The minimum absolute atomic E-state index is 0. The van der Waals surface area contributed by atoms with E-state index in [0.717, 1.165) is 12.8 Å². The van der Waals surface area contributed by atoms with Gasteiger partial charge >= 0.3 is 0 Å². The second-order valence-electron chi connectivity index (χ2n) is 3.93. The van der Waals surface area contributed by atoms with E-state index in [0.29, 0.717) is 6.42 Å². The van der Waals surface area contributed by atoms with E-state index >= 15 is 0 Å². The molecule has 0 aromatic rings. The van der Waals surface area contributed by atoms with E-state index in [2.05, 4.69) is 6.92 Å². The summed E-state index contributed by atoms with van der Waals surface area (Å²) in [6.07, 6.45) is 12.1. The maximum atomic E-state index is 10.4. The lowest BCUT2D eigenvalue weighted by molar-refractivity contribution is -0.111. The SMILES string of the molecule is CCCCCCCCCCCC(=O)Cl.[Cl-]. The number of hydrogen-bond acceptors (Lipinski definition) is 1. The average Bonchev–Trinajstić information content (AvgIpc) is 2.15. The molecule has 92 valence electrons. The molecule has 0 aliphatic rings. The van der Waals surface area contributed by atoms with Crippen LogP contribution < -0.4 is 12.4 Å². The number of hydrogen-bond donors (Lipinski definition) is 0. The fraction of sp³-hybridized carbons (Fsp3) is 0.917. The lowest BCUT2D eigenvalue weighted by atomic mass is 10.1. The normalized spacial score (nSPS) is 9.73. The molecule has 0 aliphatic carbocycles. The first kappa shape index (κ1) is 17.6. The van der Waals surface area contributed by atoms with Gasteiger partial charge in [0.2, 0.25) is 5.24 Å². The highest BCUT2D eigenvalue weighted by Gasteiger charge is 1.95. The van der Waals surface area contributed by atoms with Gasteiger partial charge < -0.3 is 12.4 Å². The quantitative estimate of drug-likeness (QED) is 0.428. The lowest BCUT2D eigenvalue weighted by Gasteiger charge is -2.00. The molecule has 0 saturated heterocycles. The van der Waals surface area contributed by atoms with E-state index in [-0.39, 0.29) is 17.6 Å². The molecule has 0 rings (SSSR count). The highest BCUT2D eigenvalue weighted by molar-refractivity contribution is 6.63. The van der Waals surface area contributed by atoms with Crippen molar-refractivity contribution in [3.05, 3.63) is 0 Å². The van der Waals surface area contributed by atoms with Crippen LogP contribution in [0.5, 0.6) is 0 Å². The number of rotatable bonds is 10. The molecule has 3 heteroatoms. The van der Waals surface area contributed by atoms with Crippen molar-refractivity contribution >= 4 is 16.8 Å². The Hall–Kier alpha value is 0.250. The first-order valence-electron chi connectivity index (χ1n) is 5.95. The van der Waals surface area contributed by atoms with Crippen molar-refractivity contribution in [1.82, 2.24) is 0 Å². The summed E-state index contributed by atoms with van der Waals surface area (Å²) in [7, 11) is 0. The summed E-state index contributed by atoms with van der Waals surface area (Å²) in [5, 5.41) is -0.187. The van der Waals surface area contributed by atoms with Gasteiger partial charge in [-0.15, -0.1) is 0 Å². The minimum Gasteiger partial charge on any atom is -1.00 e. The largest absolute Gasteiger partial charge is 1.00 e. The molecule has 0 bridgehead atoms. The molecule has 1 nitrogen and oxygen atoms in total. The van der Waals surface area contributed by atoms with E-state index in [1.807, 2.05) is 0 Å². The molecular weight excluding hydrogens is 231 g/mol. The van der Waals surface area contributed by atoms with Crippen LogP contribution in [-0.2, 0) is 4.79 Å². The van der Waals surface area contributed by atoms with Crippen molar-refractivity contribution < 1.29 is 17.2 Å². The molecular formula is C12H23Cl2O-. The fourth-order valence-electron chi connectivity index (χ4n) is 1.57. The molecule has 0 aromatic carbocycles. The summed E-state index contributed by atoms with van der Waals surface area (Å²) in [6.45, 7) is 2.24. The van der Waals surface area contributed by atoms with Gasteiger partial charge in [-0.3, -0.25) is 4.79 Å². The van der Waals surface area contributed by atoms with Crippen LogP contribution in [0.25, 0.3) is 0 Å². The molecule has 0 spiro atoms. The van der Waals surface area contributed by atoms with Gasteiger partial charge in [0, 0.05) is 6.42 Å². The van der Waals surface area contributed by atoms with Crippen LogP contribution in [0, 0.1) is 0 Å². The van der Waals surface area contributed by atoms with Gasteiger partial charge in [0.15, 0.2) is 0 Å². The molecule has 0 N–H and O–H groups in total. The second-order valence-corrected chi connectivity index (χ2v) is 4.36. The van der Waals surface area contributed by atoms with E-state index in [9.17, 15) is 4.79 Å². The topological polar surface area (TPSA) is 17.1 Å². The van der Waals surface area contributed by atoms with Gasteiger partial charge in [-0.25, -0.2) is 0 Å². The van der Waals surface area contributed by atoms with E-state index < -0.39 is 0 Å². The molecule has 0 fully saturated rings. The summed E-state index contributed by atoms with van der Waals surface area (Å²) < 4.78 is 0. The van der Waals surface area contributed by atoms with Crippen molar-refractivity contribution in [1.29, 1.82) is 0 Å². The smallest absolute Gasteiger partial charge is 0.221 e. The van der Waals surface area contributed by atoms with Crippen molar-refractivity contribution in [2.75, 3.05) is 0 Å². The van der Waals surface area contributed by atoms with Crippen LogP contribution >= 0.6 is 11.6 Å². The van der Waals surface area contributed by atoms with Crippen LogP contribution in [0.15, 0.2) is 0 Å². The van der Waals surface area contributed by atoms with E-state index in [4.69, 9.17) is 11.6 Å². The zero-order valence-electron chi connectivity index (χ0n) is 9.74. The maximum Gasteiger partial charge on any atom is 0.221 e. The standard InChI is InChI=1S/C12H23ClO.ClH/c1-2-3-4-5-6-7-8-9-10-11-12(13)14;/h2-11H2,1H3;1H/p-1. The first-order chi connectivity index (χ1) is 6.77. The summed E-state index contributed by atoms with van der Waals surface area (Å²) in [5.74, 6) is 0. The molecule has 0 heterocycles. The molecule has 0 amide bonds. The van der Waals surface area contributed by atoms with Crippen LogP contribution in [0.4, 0.5) is 0 Å². The Morgan fingerprint density at radius 2 is 1.27 bits per heavy atom. The zero-order chi connectivity index (χ0) is 10.6. The minimum atomic E-state index is -0.187. The lowest BCUT2D eigenvalue weighted by Crippen LogP contribution is -3.00. The molecule has 0 atom stereocenters. The van der Waals surface area contributed by atoms with Crippen LogP contribution in [-0.4, -0.2) is 5.24 Å². The molecule has 0 aliphatic heterocycles. The third-order valence-corrected chi connectivity index (χ3v) is 2.67. The Labute approximate surface area is 105 Å². The second kappa shape index (κ2) is 14.2. The Kier molecular flexibility index (Phi) is 16.8. The number of carbonyl (C=O) groups excluding carboxylic acids is 1. The van der Waals surface area contributed by atoms with Gasteiger partial charge in [-0.1, -0.05) is 58.3 Å². The number of carbonyl (C=O) groups is 1. The van der Waals surface area contributed by atoms with Crippen LogP contribution in [0.2, 0.25) is 0 Å². The maximum absolute atomic E-state index is 10.4. The third kappa shape index (κ3) is 16.9. The van der Waals surface area contributed by atoms with Gasteiger partial charge in [-0.05, 0) is 18.0 Å². The first-order valence-corrected chi connectivity index (χ1v) is 6.33. The average molecular weight is 254 g/mol. The van der Waals surface area contributed by atoms with Gasteiger partial charge in [0.05, 0.1) is 0 Å². The zero-order valence-corrected chi connectivity index (χ0v) is 11.2. The molecule has 0 aromatic heterocycles. The van der Waals surface area contributed by atoms with Crippen LogP contribution in [0.1, 0.15) is 71.1 Å². The molecule has 0 saturated carbocycles. The van der Waals surface area contributed by atoms with Crippen molar-refractivity contribution in [3.8, 4) is 0 Å². The van der Waals surface area contributed by atoms with Crippen molar-refractivity contribution in [3.63, 3.8) is 0 Å². The van der Waals surface area contributed by atoms with Gasteiger partial charge in [0.25, 0.3) is 0 Å². The molecule has 15 heavy (non-hydrogen) atoms. The predicted molar refractivity (Wildman–Crippen MR) is 62.7 cm³/mol.